The number of aliphatic hydroxyl groups excluding tert-OH is 2. The summed E-state index contributed by atoms with van der Waals surface area (Å²) in [4.78, 5) is 89.7. The molecule has 0 aliphatic rings. The highest BCUT2D eigenvalue weighted by atomic mass is 16.4. The van der Waals surface area contributed by atoms with Crippen LogP contribution < -0.4 is 43.8 Å². The van der Waals surface area contributed by atoms with Crippen molar-refractivity contribution in [2.24, 2.45) is 23.1 Å². The fourth-order valence-corrected chi connectivity index (χ4v) is 4.84. The van der Waals surface area contributed by atoms with Gasteiger partial charge in [-0.3, -0.25) is 28.8 Å². The van der Waals surface area contributed by atoms with Crippen LogP contribution in [-0.4, -0.2) is 112 Å². The molecule has 0 spiro atoms. The lowest BCUT2D eigenvalue weighted by molar-refractivity contribution is -0.143. The molecule has 0 aliphatic carbocycles. The normalized spacial score (nSPS) is 16.4. The van der Waals surface area contributed by atoms with Crippen LogP contribution in [0.25, 0.3) is 0 Å². The number of nitrogens with two attached hydrogens (primary N) is 3. The summed E-state index contributed by atoms with van der Waals surface area (Å²) >= 11 is 0. The summed E-state index contributed by atoms with van der Waals surface area (Å²) in [5, 5.41) is 41.9. The van der Waals surface area contributed by atoms with E-state index in [1.165, 1.54) is 6.92 Å². The van der Waals surface area contributed by atoms with E-state index < -0.39 is 96.3 Å². The van der Waals surface area contributed by atoms with Crippen LogP contribution in [0.2, 0.25) is 0 Å². The zero-order valence-electron chi connectivity index (χ0n) is 29.5. The van der Waals surface area contributed by atoms with Gasteiger partial charge < -0.3 is 59.1 Å². The van der Waals surface area contributed by atoms with E-state index in [-0.39, 0.29) is 18.8 Å². The number of aliphatic hydroxyl groups is 2. The molecular formula is C33H54N8O10. The number of nitrogens with one attached hydrogen (secondary N) is 5. The SMILES string of the molecule is CC[C@H](C)[C@H](N)C(=O)N[C@@H](Cc1ccccc1)C(=O)N[C@H](C(=O)N[C@@H](CC(N)=O)C(=O)N[C@H](C(=O)N[C@@H](CCCCN)C(=O)O)[C@@H](C)O)[C@@H](C)O. The first-order valence-corrected chi connectivity index (χ1v) is 16.8. The molecule has 51 heavy (non-hydrogen) atoms. The molecule has 14 N–H and O–H groups in total. The van der Waals surface area contributed by atoms with Crippen molar-refractivity contribution < 1.29 is 48.9 Å². The van der Waals surface area contributed by atoms with Gasteiger partial charge in [-0.2, -0.15) is 0 Å². The van der Waals surface area contributed by atoms with Crippen molar-refractivity contribution >= 4 is 41.4 Å². The molecular weight excluding hydrogens is 668 g/mol. The number of rotatable bonds is 23. The van der Waals surface area contributed by atoms with Crippen LogP contribution in [0.1, 0.15) is 65.4 Å². The smallest absolute Gasteiger partial charge is 0.326 e. The molecule has 0 aromatic heterocycles. The Balaban J connectivity index is 3.23. The van der Waals surface area contributed by atoms with Gasteiger partial charge in [0.1, 0.15) is 30.2 Å². The predicted molar refractivity (Wildman–Crippen MR) is 185 cm³/mol. The molecule has 0 unspecified atom stereocenters. The highest BCUT2D eigenvalue weighted by Gasteiger charge is 2.36. The van der Waals surface area contributed by atoms with Crippen LogP contribution in [0.3, 0.4) is 0 Å². The first-order chi connectivity index (χ1) is 23.9. The largest absolute Gasteiger partial charge is 0.480 e. The van der Waals surface area contributed by atoms with Crippen LogP contribution in [0.15, 0.2) is 30.3 Å². The summed E-state index contributed by atoms with van der Waals surface area (Å²) < 4.78 is 0. The highest BCUT2D eigenvalue weighted by Crippen LogP contribution is 2.10. The van der Waals surface area contributed by atoms with Crippen molar-refractivity contribution in [3.05, 3.63) is 35.9 Å². The zero-order valence-corrected chi connectivity index (χ0v) is 29.5. The number of hydrogen-bond donors (Lipinski definition) is 11. The minimum absolute atomic E-state index is 0.00888. The lowest BCUT2D eigenvalue weighted by atomic mass is 9.98. The molecule has 0 saturated heterocycles. The third-order valence-electron chi connectivity index (χ3n) is 8.20. The second kappa shape index (κ2) is 22.2. The van der Waals surface area contributed by atoms with Crippen LogP contribution in [0.4, 0.5) is 0 Å². The number of carboxylic acids is 1. The van der Waals surface area contributed by atoms with E-state index in [1.54, 1.807) is 37.3 Å². The number of hydrogen-bond acceptors (Lipinski definition) is 11. The monoisotopic (exact) mass is 722 g/mol. The number of benzene rings is 1. The van der Waals surface area contributed by atoms with Crippen LogP contribution in [-0.2, 0) is 40.0 Å². The first kappa shape index (κ1) is 44.4. The van der Waals surface area contributed by atoms with Gasteiger partial charge in [-0.25, -0.2) is 4.79 Å². The van der Waals surface area contributed by atoms with E-state index >= 15 is 0 Å². The Morgan fingerprint density at radius 3 is 1.65 bits per heavy atom. The summed E-state index contributed by atoms with van der Waals surface area (Å²) in [6.07, 6.45) is -2.46. The Morgan fingerprint density at radius 1 is 0.706 bits per heavy atom. The van der Waals surface area contributed by atoms with Crippen molar-refractivity contribution in [3.63, 3.8) is 0 Å². The minimum atomic E-state index is -1.77. The summed E-state index contributed by atoms with van der Waals surface area (Å²) in [6.45, 7) is 6.25. The lowest BCUT2D eigenvalue weighted by Gasteiger charge is -2.28. The summed E-state index contributed by atoms with van der Waals surface area (Å²) in [7, 11) is 0. The van der Waals surface area contributed by atoms with Crippen molar-refractivity contribution in [1.29, 1.82) is 0 Å². The number of carboxylic acid groups (broad SMARTS) is 1. The Morgan fingerprint density at radius 2 is 1.20 bits per heavy atom. The predicted octanol–water partition coefficient (Wildman–Crippen LogP) is -3.12. The first-order valence-electron chi connectivity index (χ1n) is 16.8. The molecule has 0 bridgehead atoms. The summed E-state index contributed by atoms with van der Waals surface area (Å²) in [6, 6.07) is -0.107. The fraction of sp³-hybridized carbons (Fsp3) is 0.606. The van der Waals surface area contributed by atoms with Crippen LogP contribution in [0.5, 0.6) is 0 Å². The van der Waals surface area contributed by atoms with Crippen molar-refractivity contribution in [2.75, 3.05) is 6.54 Å². The number of carbonyl (C=O) groups excluding carboxylic acids is 6. The van der Waals surface area contributed by atoms with Crippen LogP contribution >= 0.6 is 0 Å². The zero-order chi connectivity index (χ0) is 38.8. The molecule has 0 heterocycles. The third-order valence-corrected chi connectivity index (χ3v) is 8.20. The average Bonchev–Trinajstić information content (AvgIpc) is 3.07. The number of carbonyl (C=O) groups is 7. The molecule has 9 atom stereocenters. The van der Waals surface area contributed by atoms with Gasteiger partial charge in [0.05, 0.1) is 24.7 Å². The van der Waals surface area contributed by atoms with Gasteiger partial charge in [0.25, 0.3) is 0 Å². The molecule has 1 rings (SSSR count). The fourth-order valence-electron chi connectivity index (χ4n) is 4.84. The molecule has 1 aromatic carbocycles. The molecule has 6 amide bonds. The maximum atomic E-state index is 13.5. The minimum Gasteiger partial charge on any atom is -0.480 e. The van der Waals surface area contributed by atoms with E-state index in [9.17, 15) is 48.9 Å². The van der Waals surface area contributed by atoms with Crippen molar-refractivity contribution in [2.45, 2.75) is 115 Å². The Kier molecular flexibility index (Phi) is 19.3. The van der Waals surface area contributed by atoms with Crippen LogP contribution in [0, 0.1) is 5.92 Å². The second-order valence-corrected chi connectivity index (χ2v) is 12.5. The molecule has 0 aliphatic heterocycles. The number of unbranched alkanes of at least 4 members (excludes halogenated alkanes) is 1. The van der Waals surface area contributed by atoms with Crippen molar-refractivity contribution in [1.82, 2.24) is 26.6 Å². The summed E-state index contributed by atoms with van der Waals surface area (Å²) in [5.74, 6) is -7.47. The quantitative estimate of drug-likeness (QED) is 0.0500. The molecule has 286 valence electrons. The lowest BCUT2D eigenvalue weighted by Crippen LogP contribution is -2.62. The van der Waals surface area contributed by atoms with Gasteiger partial charge in [0.15, 0.2) is 0 Å². The van der Waals surface area contributed by atoms with Gasteiger partial charge in [-0.05, 0) is 51.1 Å². The second-order valence-electron chi connectivity index (χ2n) is 12.5. The maximum absolute atomic E-state index is 13.5. The van der Waals surface area contributed by atoms with Crippen molar-refractivity contribution in [3.8, 4) is 0 Å². The molecule has 0 saturated carbocycles. The topological polar surface area (TPSA) is 318 Å². The van der Waals surface area contributed by atoms with E-state index in [0.29, 0.717) is 31.4 Å². The van der Waals surface area contributed by atoms with Gasteiger partial charge in [-0.15, -0.1) is 0 Å². The number of amides is 6. The maximum Gasteiger partial charge on any atom is 0.326 e. The van der Waals surface area contributed by atoms with Gasteiger partial charge in [0, 0.05) is 6.42 Å². The van der Waals surface area contributed by atoms with Gasteiger partial charge >= 0.3 is 5.97 Å². The molecule has 18 heteroatoms. The summed E-state index contributed by atoms with van der Waals surface area (Å²) in [5.41, 5.74) is 17.5. The van der Waals surface area contributed by atoms with E-state index in [1.807, 2.05) is 6.92 Å². The van der Waals surface area contributed by atoms with E-state index in [4.69, 9.17) is 17.2 Å². The van der Waals surface area contributed by atoms with Gasteiger partial charge in [-0.1, -0.05) is 50.6 Å². The number of primary amides is 1. The molecule has 0 fully saturated rings. The standard InChI is InChI=1S/C33H54N8O10/c1-5-17(2)25(36)30(47)38-22(15-20-11-7-6-8-12-20)28(45)40-27(19(4)43)32(49)39-23(16-24(35)44)29(46)41-26(18(3)42)31(48)37-21(33(50)51)13-9-10-14-34/h6-8,11-12,17-19,21-23,25-27,42-43H,5,9-10,13-16,34,36H2,1-4H3,(H2,35,44)(H,37,48)(H,38,47)(H,39,49)(H,40,45)(H,41,46)(H,50,51)/t17-,18+,19+,21-,22-,23-,25-,26-,27-/m0/s1. The highest BCUT2D eigenvalue weighted by molar-refractivity contribution is 5.98. The molecule has 0 radical (unpaired) electrons. The van der Waals surface area contributed by atoms with Gasteiger partial charge in [0.2, 0.25) is 35.4 Å². The third kappa shape index (κ3) is 15.4. The average molecular weight is 723 g/mol. The molecule has 1 aromatic rings. The molecule has 18 nitrogen and oxygen atoms in total. The number of aliphatic carboxylic acids is 1. The van der Waals surface area contributed by atoms with E-state index in [2.05, 4.69) is 26.6 Å². The Hall–Kier alpha value is -4.65. The van der Waals surface area contributed by atoms with E-state index in [0.717, 1.165) is 6.92 Å². The Labute approximate surface area is 297 Å². The Bertz CT molecular complexity index is 1330.